The SMILES string of the molecule is Cc1nc(-c2cccs2)ccc1C(=O)OCC(=O)N(C)CC(=O)NC(C)(C)C. The molecule has 0 aliphatic rings. The van der Waals surface area contributed by atoms with Gasteiger partial charge < -0.3 is 15.0 Å². The molecule has 7 nitrogen and oxygen atoms in total. The summed E-state index contributed by atoms with van der Waals surface area (Å²) in [6, 6.07) is 7.28. The predicted molar refractivity (Wildman–Crippen MR) is 108 cm³/mol. The van der Waals surface area contributed by atoms with Gasteiger partial charge in [-0.25, -0.2) is 4.79 Å². The summed E-state index contributed by atoms with van der Waals surface area (Å²) in [7, 11) is 1.49. The van der Waals surface area contributed by atoms with Crippen molar-refractivity contribution in [3.05, 3.63) is 40.9 Å². The van der Waals surface area contributed by atoms with Crippen molar-refractivity contribution in [2.45, 2.75) is 33.2 Å². The Labute approximate surface area is 168 Å². The van der Waals surface area contributed by atoms with Crippen LogP contribution in [0.25, 0.3) is 10.6 Å². The highest BCUT2D eigenvalue weighted by atomic mass is 32.1. The summed E-state index contributed by atoms with van der Waals surface area (Å²) < 4.78 is 5.11. The zero-order valence-electron chi connectivity index (χ0n) is 16.7. The number of hydrogen-bond acceptors (Lipinski definition) is 6. The first kappa shape index (κ1) is 21.6. The molecule has 0 unspecified atom stereocenters. The van der Waals surface area contributed by atoms with Crippen molar-refractivity contribution in [2.75, 3.05) is 20.2 Å². The monoisotopic (exact) mass is 403 g/mol. The highest BCUT2D eigenvalue weighted by Gasteiger charge is 2.20. The van der Waals surface area contributed by atoms with Crippen molar-refractivity contribution in [1.29, 1.82) is 0 Å². The van der Waals surface area contributed by atoms with Gasteiger partial charge in [-0.05, 0) is 51.3 Å². The predicted octanol–water partition coefficient (Wildman–Crippen LogP) is 2.65. The molecular formula is C20H25N3O4S. The van der Waals surface area contributed by atoms with Crippen molar-refractivity contribution in [2.24, 2.45) is 0 Å². The summed E-state index contributed by atoms with van der Waals surface area (Å²) in [6.45, 7) is 6.74. The summed E-state index contributed by atoms with van der Waals surface area (Å²) >= 11 is 1.56. The first-order chi connectivity index (χ1) is 13.1. The third-order valence-corrected chi connectivity index (χ3v) is 4.62. The standard InChI is InChI=1S/C20H25N3O4S/c1-13-14(8-9-15(21-13)16-7-6-10-28-16)19(26)27-12-18(25)23(5)11-17(24)22-20(2,3)4/h6-10H,11-12H2,1-5H3,(H,22,24). The van der Waals surface area contributed by atoms with E-state index in [0.717, 1.165) is 10.6 Å². The summed E-state index contributed by atoms with van der Waals surface area (Å²) in [4.78, 5) is 43.0. The zero-order chi connectivity index (χ0) is 20.9. The van der Waals surface area contributed by atoms with Crippen LogP contribution in [0.15, 0.2) is 29.6 Å². The smallest absolute Gasteiger partial charge is 0.340 e. The van der Waals surface area contributed by atoms with Gasteiger partial charge in [0.05, 0.1) is 28.4 Å². The van der Waals surface area contributed by atoms with E-state index >= 15 is 0 Å². The second-order valence-corrected chi connectivity index (χ2v) is 8.38. The first-order valence-corrected chi connectivity index (χ1v) is 9.68. The average molecular weight is 404 g/mol. The lowest BCUT2D eigenvalue weighted by molar-refractivity contribution is -0.137. The maximum Gasteiger partial charge on any atom is 0.340 e. The molecule has 0 radical (unpaired) electrons. The van der Waals surface area contributed by atoms with E-state index in [9.17, 15) is 14.4 Å². The molecule has 0 aliphatic carbocycles. The number of aromatic nitrogens is 1. The minimum atomic E-state index is -0.622. The molecule has 0 aliphatic heterocycles. The van der Waals surface area contributed by atoms with Gasteiger partial charge in [-0.15, -0.1) is 11.3 Å². The number of carbonyl (C=O) groups is 3. The molecule has 0 saturated heterocycles. The van der Waals surface area contributed by atoms with E-state index in [2.05, 4.69) is 10.3 Å². The normalized spacial score (nSPS) is 11.0. The molecule has 0 atom stereocenters. The molecule has 0 saturated carbocycles. The first-order valence-electron chi connectivity index (χ1n) is 8.80. The zero-order valence-corrected chi connectivity index (χ0v) is 17.6. The molecule has 2 heterocycles. The van der Waals surface area contributed by atoms with Gasteiger partial charge >= 0.3 is 5.97 Å². The Morgan fingerprint density at radius 2 is 1.93 bits per heavy atom. The third-order valence-electron chi connectivity index (χ3n) is 3.73. The van der Waals surface area contributed by atoms with Gasteiger partial charge in [0.15, 0.2) is 6.61 Å². The van der Waals surface area contributed by atoms with Gasteiger partial charge in [0.25, 0.3) is 5.91 Å². The fraction of sp³-hybridized carbons (Fsp3) is 0.400. The van der Waals surface area contributed by atoms with Crippen LogP contribution in [-0.4, -0.2) is 53.4 Å². The largest absolute Gasteiger partial charge is 0.452 e. The van der Waals surface area contributed by atoms with Gasteiger partial charge in [0, 0.05) is 12.6 Å². The molecule has 0 bridgehead atoms. The lowest BCUT2D eigenvalue weighted by atomic mass is 10.1. The quantitative estimate of drug-likeness (QED) is 0.749. The summed E-state index contributed by atoms with van der Waals surface area (Å²) in [5.41, 5.74) is 1.24. The van der Waals surface area contributed by atoms with E-state index in [-0.39, 0.29) is 18.0 Å². The number of thiophene rings is 1. The minimum Gasteiger partial charge on any atom is -0.452 e. The molecule has 0 aromatic carbocycles. The van der Waals surface area contributed by atoms with Crippen molar-refractivity contribution in [1.82, 2.24) is 15.2 Å². The number of pyridine rings is 1. The van der Waals surface area contributed by atoms with Gasteiger partial charge in [-0.3, -0.25) is 14.6 Å². The topological polar surface area (TPSA) is 88.6 Å². The fourth-order valence-corrected chi connectivity index (χ4v) is 3.11. The number of ether oxygens (including phenoxy) is 1. The second kappa shape index (κ2) is 8.97. The van der Waals surface area contributed by atoms with Crippen LogP contribution in [0.2, 0.25) is 0 Å². The molecule has 2 aromatic rings. The Morgan fingerprint density at radius 1 is 1.21 bits per heavy atom. The van der Waals surface area contributed by atoms with Gasteiger partial charge in [-0.1, -0.05) is 6.07 Å². The van der Waals surface area contributed by atoms with E-state index in [0.29, 0.717) is 11.3 Å². The second-order valence-electron chi connectivity index (χ2n) is 7.43. The van der Waals surface area contributed by atoms with E-state index in [1.54, 1.807) is 30.4 Å². The van der Waals surface area contributed by atoms with E-state index < -0.39 is 18.5 Å². The van der Waals surface area contributed by atoms with Crippen molar-refractivity contribution < 1.29 is 19.1 Å². The van der Waals surface area contributed by atoms with E-state index in [1.165, 1.54) is 11.9 Å². The lowest BCUT2D eigenvalue weighted by Gasteiger charge is -2.23. The van der Waals surface area contributed by atoms with Crippen LogP contribution in [0.1, 0.15) is 36.8 Å². The Hall–Kier alpha value is -2.74. The number of rotatable bonds is 6. The number of carbonyl (C=O) groups excluding carboxylic acids is 3. The van der Waals surface area contributed by atoms with Gasteiger partial charge in [-0.2, -0.15) is 0 Å². The summed E-state index contributed by atoms with van der Waals surface area (Å²) in [5.74, 6) is -1.36. The van der Waals surface area contributed by atoms with Crippen LogP contribution >= 0.6 is 11.3 Å². The highest BCUT2D eigenvalue weighted by molar-refractivity contribution is 7.13. The number of amides is 2. The van der Waals surface area contributed by atoms with Gasteiger partial charge in [0.1, 0.15) is 0 Å². The van der Waals surface area contributed by atoms with Crippen LogP contribution in [-0.2, 0) is 14.3 Å². The van der Waals surface area contributed by atoms with Crippen LogP contribution in [0.5, 0.6) is 0 Å². The third kappa shape index (κ3) is 6.16. The maximum atomic E-state index is 12.3. The molecule has 2 rings (SSSR count). The Kier molecular flexibility index (Phi) is 6.90. The van der Waals surface area contributed by atoms with E-state index in [1.807, 2.05) is 38.3 Å². The van der Waals surface area contributed by atoms with Crippen LogP contribution in [0.3, 0.4) is 0 Å². The van der Waals surface area contributed by atoms with Crippen LogP contribution < -0.4 is 5.32 Å². The molecule has 2 amide bonds. The highest BCUT2D eigenvalue weighted by Crippen LogP contribution is 2.23. The number of nitrogens with one attached hydrogen (secondary N) is 1. The van der Waals surface area contributed by atoms with Crippen molar-refractivity contribution in [3.8, 4) is 10.6 Å². The number of esters is 1. The molecule has 2 aromatic heterocycles. The number of likely N-dealkylation sites (N-methyl/N-ethyl adjacent to an activating group) is 1. The number of nitrogens with zero attached hydrogens (tertiary/aromatic N) is 2. The average Bonchev–Trinajstić information content (AvgIpc) is 3.12. The minimum absolute atomic E-state index is 0.107. The van der Waals surface area contributed by atoms with Crippen LogP contribution in [0, 0.1) is 6.92 Å². The molecule has 0 fully saturated rings. The number of aryl methyl sites for hydroxylation is 1. The van der Waals surface area contributed by atoms with Gasteiger partial charge in [0.2, 0.25) is 5.91 Å². The fourth-order valence-electron chi connectivity index (χ4n) is 2.41. The Bertz CT molecular complexity index is 857. The van der Waals surface area contributed by atoms with Crippen molar-refractivity contribution >= 4 is 29.1 Å². The lowest BCUT2D eigenvalue weighted by Crippen LogP contribution is -2.46. The number of hydrogen-bond donors (Lipinski definition) is 1. The molecule has 28 heavy (non-hydrogen) atoms. The Morgan fingerprint density at radius 3 is 2.50 bits per heavy atom. The Balaban J connectivity index is 1.91. The molecule has 1 N–H and O–H groups in total. The molecule has 0 spiro atoms. The molecule has 150 valence electrons. The summed E-state index contributed by atoms with van der Waals surface area (Å²) in [6.07, 6.45) is 0. The summed E-state index contributed by atoms with van der Waals surface area (Å²) in [5, 5.41) is 4.73. The van der Waals surface area contributed by atoms with Crippen molar-refractivity contribution in [3.63, 3.8) is 0 Å². The molecular weight excluding hydrogens is 378 g/mol. The maximum absolute atomic E-state index is 12.3. The van der Waals surface area contributed by atoms with E-state index in [4.69, 9.17) is 4.74 Å². The van der Waals surface area contributed by atoms with Crippen LogP contribution in [0.4, 0.5) is 0 Å². The molecule has 8 heteroatoms.